The molecular formula is C21H23NO3. The van der Waals surface area contributed by atoms with E-state index < -0.39 is 5.41 Å². The Labute approximate surface area is 148 Å². The average molecular weight is 337 g/mol. The standard InChI is InChI=1S/C21H23NO3/c1-21(14-22-19(23)12-15-6-4-3-5-7-15)11-10-16-13-17(25-2)8-9-18(16)20(21)24/h3-9,13H,10-12,14H2,1-2H3,(H,22,23). The molecule has 4 heteroatoms. The highest BCUT2D eigenvalue weighted by Crippen LogP contribution is 2.36. The maximum absolute atomic E-state index is 12.9. The first-order valence-corrected chi connectivity index (χ1v) is 8.54. The van der Waals surface area contributed by atoms with Gasteiger partial charge in [0.1, 0.15) is 5.75 Å². The van der Waals surface area contributed by atoms with Gasteiger partial charge in [-0.05, 0) is 42.2 Å². The van der Waals surface area contributed by atoms with Crippen molar-refractivity contribution >= 4 is 11.7 Å². The van der Waals surface area contributed by atoms with Crippen LogP contribution in [0.1, 0.15) is 34.8 Å². The van der Waals surface area contributed by atoms with Gasteiger partial charge in [-0.25, -0.2) is 0 Å². The molecule has 1 unspecified atom stereocenters. The zero-order valence-corrected chi connectivity index (χ0v) is 14.7. The number of amides is 1. The predicted molar refractivity (Wildman–Crippen MR) is 96.9 cm³/mol. The van der Waals surface area contributed by atoms with Crippen molar-refractivity contribution in [1.82, 2.24) is 5.32 Å². The molecular weight excluding hydrogens is 314 g/mol. The average Bonchev–Trinajstić information content (AvgIpc) is 2.64. The number of carbonyl (C=O) groups is 2. The molecule has 0 aliphatic heterocycles. The first-order valence-electron chi connectivity index (χ1n) is 8.54. The lowest BCUT2D eigenvalue weighted by Gasteiger charge is -2.33. The van der Waals surface area contributed by atoms with E-state index >= 15 is 0 Å². The van der Waals surface area contributed by atoms with Crippen LogP contribution in [0, 0.1) is 5.41 Å². The van der Waals surface area contributed by atoms with E-state index in [9.17, 15) is 9.59 Å². The highest BCUT2D eigenvalue weighted by molar-refractivity contribution is 6.03. The molecule has 2 aromatic rings. The molecule has 0 bridgehead atoms. The van der Waals surface area contributed by atoms with Gasteiger partial charge < -0.3 is 10.1 Å². The number of benzene rings is 2. The fraction of sp³-hybridized carbons (Fsp3) is 0.333. The first-order chi connectivity index (χ1) is 12.0. The molecule has 3 rings (SSSR count). The van der Waals surface area contributed by atoms with Gasteiger partial charge in [-0.15, -0.1) is 0 Å². The summed E-state index contributed by atoms with van der Waals surface area (Å²) in [5.41, 5.74) is 2.18. The number of rotatable bonds is 5. The minimum absolute atomic E-state index is 0.0549. The van der Waals surface area contributed by atoms with Gasteiger partial charge in [0.05, 0.1) is 13.5 Å². The lowest BCUT2D eigenvalue weighted by atomic mass is 9.71. The molecule has 25 heavy (non-hydrogen) atoms. The molecule has 4 nitrogen and oxygen atoms in total. The number of hydrogen-bond donors (Lipinski definition) is 1. The Morgan fingerprint density at radius 1 is 1.20 bits per heavy atom. The summed E-state index contributed by atoms with van der Waals surface area (Å²) in [5.74, 6) is 0.809. The maximum atomic E-state index is 12.9. The van der Waals surface area contributed by atoms with Crippen LogP contribution in [0.15, 0.2) is 48.5 Å². The van der Waals surface area contributed by atoms with Crippen molar-refractivity contribution in [2.24, 2.45) is 5.41 Å². The van der Waals surface area contributed by atoms with Crippen LogP contribution in [-0.4, -0.2) is 25.3 Å². The highest BCUT2D eigenvalue weighted by Gasteiger charge is 2.38. The van der Waals surface area contributed by atoms with Crippen LogP contribution in [0.25, 0.3) is 0 Å². The Kier molecular flexibility index (Phi) is 4.88. The number of Topliss-reactive ketones (excluding diaryl/α,β-unsaturated/α-hetero) is 1. The number of nitrogens with one attached hydrogen (secondary N) is 1. The Bertz CT molecular complexity index is 785. The lowest BCUT2D eigenvalue weighted by molar-refractivity contribution is -0.120. The molecule has 1 aliphatic rings. The van der Waals surface area contributed by atoms with E-state index in [1.165, 1.54) is 0 Å². The van der Waals surface area contributed by atoms with Crippen molar-refractivity contribution in [1.29, 1.82) is 0 Å². The predicted octanol–water partition coefficient (Wildman–Crippen LogP) is 3.19. The minimum Gasteiger partial charge on any atom is -0.497 e. The summed E-state index contributed by atoms with van der Waals surface area (Å²) in [6, 6.07) is 15.2. The van der Waals surface area contributed by atoms with Gasteiger partial charge in [-0.1, -0.05) is 37.3 Å². The van der Waals surface area contributed by atoms with Crippen LogP contribution in [0.2, 0.25) is 0 Å². The van der Waals surface area contributed by atoms with Gasteiger partial charge >= 0.3 is 0 Å². The van der Waals surface area contributed by atoms with Crippen molar-refractivity contribution in [3.63, 3.8) is 0 Å². The molecule has 1 N–H and O–H groups in total. The van der Waals surface area contributed by atoms with E-state index in [1.54, 1.807) is 7.11 Å². The van der Waals surface area contributed by atoms with Gasteiger partial charge in [0.25, 0.3) is 0 Å². The highest BCUT2D eigenvalue weighted by atomic mass is 16.5. The summed E-state index contributed by atoms with van der Waals surface area (Å²) < 4.78 is 5.23. The zero-order chi connectivity index (χ0) is 17.9. The SMILES string of the molecule is COc1ccc2c(c1)CCC(C)(CNC(=O)Cc1ccccc1)C2=O. The van der Waals surface area contributed by atoms with E-state index in [0.717, 1.165) is 35.3 Å². The molecule has 0 saturated carbocycles. The molecule has 130 valence electrons. The third-order valence-corrected chi connectivity index (χ3v) is 4.93. The Balaban J connectivity index is 1.66. The molecule has 0 radical (unpaired) electrons. The van der Waals surface area contributed by atoms with Crippen LogP contribution in [0.4, 0.5) is 0 Å². The number of hydrogen-bond acceptors (Lipinski definition) is 3. The zero-order valence-electron chi connectivity index (χ0n) is 14.7. The molecule has 1 atom stereocenters. The summed E-state index contributed by atoms with van der Waals surface area (Å²) in [4.78, 5) is 25.1. The number of ketones is 1. The number of ether oxygens (including phenoxy) is 1. The second-order valence-corrected chi connectivity index (χ2v) is 6.85. The number of methoxy groups -OCH3 is 1. The molecule has 0 saturated heterocycles. The Morgan fingerprint density at radius 2 is 1.96 bits per heavy atom. The second kappa shape index (κ2) is 7.09. The van der Waals surface area contributed by atoms with Crippen LogP contribution >= 0.6 is 0 Å². The fourth-order valence-corrected chi connectivity index (χ4v) is 3.28. The monoisotopic (exact) mass is 337 g/mol. The summed E-state index contributed by atoms with van der Waals surface area (Å²) in [6.07, 6.45) is 1.86. The van der Waals surface area contributed by atoms with Gasteiger partial charge in [-0.2, -0.15) is 0 Å². The van der Waals surface area contributed by atoms with E-state index in [-0.39, 0.29) is 11.7 Å². The van der Waals surface area contributed by atoms with Crippen LogP contribution < -0.4 is 10.1 Å². The van der Waals surface area contributed by atoms with E-state index in [2.05, 4.69) is 5.32 Å². The second-order valence-electron chi connectivity index (χ2n) is 6.85. The van der Waals surface area contributed by atoms with Gasteiger partial charge in [-0.3, -0.25) is 9.59 Å². The van der Waals surface area contributed by atoms with E-state index in [1.807, 2.05) is 55.5 Å². The quantitative estimate of drug-likeness (QED) is 0.912. The summed E-state index contributed by atoms with van der Waals surface area (Å²) in [6.45, 7) is 2.30. The molecule has 1 aliphatic carbocycles. The molecule has 1 amide bonds. The molecule has 0 heterocycles. The largest absolute Gasteiger partial charge is 0.497 e. The van der Waals surface area contributed by atoms with Gasteiger partial charge in [0, 0.05) is 17.5 Å². The van der Waals surface area contributed by atoms with Crippen molar-refractivity contribution in [2.45, 2.75) is 26.2 Å². The van der Waals surface area contributed by atoms with Crippen LogP contribution in [-0.2, 0) is 17.6 Å². The number of fused-ring (bicyclic) bond motifs is 1. The number of carbonyl (C=O) groups excluding carboxylic acids is 2. The van der Waals surface area contributed by atoms with Crippen molar-refractivity contribution in [2.75, 3.05) is 13.7 Å². The smallest absolute Gasteiger partial charge is 0.224 e. The molecule has 0 spiro atoms. The minimum atomic E-state index is -0.562. The fourth-order valence-electron chi connectivity index (χ4n) is 3.28. The van der Waals surface area contributed by atoms with Crippen LogP contribution in [0.5, 0.6) is 5.75 Å². The van der Waals surface area contributed by atoms with Gasteiger partial charge in [0.2, 0.25) is 5.91 Å². The van der Waals surface area contributed by atoms with Crippen LogP contribution in [0.3, 0.4) is 0 Å². The third-order valence-electron chi connectivity index (χ3n) is 4.93. The Hall–Kier alpha value is -2.62. The summed E-state index contributed by atoms with van der Waals surface area (Å²) in [5, 5.41) is 2.94. The van der Waals surface area contributed by atoms with E-state index in [4.69, 9.17) is 4.74 Å². The molecule has 2 aromatic carbocycles. The first kappa shape index (κ1) is 17.2. The molecule has 0 aromatic heterocycles. The molecule has 0 fully saturated rings. The van der Waals surface area contributed by atoms with Crippen molar-refractivity contribution < 1.29 is 14.3 Å². The number of aryl methyl sites for hydroxylation is 1. The topological polar surface area (TPSA) is 55.4 Å². The normalized spacial score (nSPS) is 19.2. The summed E-state index contributed by atoms with van der Waals surface area (Å²) >= 11 is 0. The summed E-state index contributed by atoms with van der Waals surface area (Å²) in [7, 11) is 1.62. The van der Waals surface area contributed by atoms with Gasteiger partial charge in [0.15, 0.2) is 5.78 Å². The Morgan fingerprint density at radius 3 is 2.68 bits per heavy atom. The van der Waals surface area contributed by atoms with E-state index in [0.29, 0.717) is 13.0 Å². The maximum Gasteiger partial charge on any atom is 0.224 e. The lowest BCUT2D eigenvalue weighted by Crippen LogP contribution is -2.44. The van der Waals surface area contributed by atoms with Crippen molar-refractivity contribution in [3.8, 4) is 5.75 Å². The van der Waals surface area contributed by atoms with Crippen molar-refractivity contribution in [3.05, 3.63) is 65.2 Å². The third kappa shape index (κ3) is 3.73.